The van der Waals surface area contributed by atoms with Gasteiger partial charge in [-0.2, -0.15) is 4.98 Å². The predicted molar refractivity (Wildman–Crippen MR) is 65.3 cm³/mol. The van der Waals surface area contributed by atoms with Crippen molar-refractivity contribution in [1.82, 2.24) is 15.3 Å². The highest BCUT2D eigenvalue weighted by Crippen LogP contribution is 2.19. The summed E-state index contributed by atoms with van der Waals surface area (Å²) < 4.78 is 5.14. The third kappa shape index (κ3) is 2.76. The minimum Gasteiger partial charge on any atom is -0.481 e. The number of nitrogens with zero attached hydrogens (tertiary/aromatic N) is 2. The fraction of sp³-hybridized carbons (Fsp3) is 0.600. The monoisotopic (exact) mass is 240 g/mol. The number of ether oxygens (including phenoxy) is 1. The summed E-state index contributed by atoms with van der Waals surface area (Å²) in [5.74, 6) is 1.44. The van der Waals surface area contributed by atoms with E-state index in [2.05, 4.69) is 20.6 Å². The van der Waals surface area contributed by atoms with Gasteiger partial charge in [0.1, 0.15) is 5.82 Å². The van der Waals surface area contributed by atoms with Crippen molar-refractivity contribution in [3.8, 4) is 5.88 Å². The van der Waals surface area contributed by atoms with Gasteiger partial charge in [0, 0.05) is 18.7 Å². The molecule has 0 unspecified atom stereocenters. The zero-order valence-corrected chi connectivity index (χ0v) is 10.3. The van der Waals surface area contributed by atoms with E-state index in [-0.39, 0.29) is 0 Å². The van der Waals surface area contributed by atoms with Crippen LogP contribution >= 0.6 is 11.8 Å². The molecule has 2 heterocycles. The van der Waals surface area contributed by atoms with Crippen molar-refractivity contribution in [3.05, 3.63) is 6.07 Å². The summed E-state index contributed by atoms with van der Waals surface area (Å²) in [6.07, 6.45) is 3.08. The van der Waals surface area contributed by atoms with Crippen LogP contribution in [0.25, 0.3) is 0 Å². The van der Waals surface area contributed by atoms with E-state index in [1.54, 1.807) is 7.11 Å². The van der Waals surface area contributed by atoms with Crippen LogP contribution < -0.4 is 15.4 Å². The predicted octanol–water partition coefficient (Wildman–Crippen LogP) is 0.981. The largest absolute Gasteiger partial charge is 0.481 e. The first-order chi connectivity index (χ1) is 7.81. The molecule has 1 aliphatic rings. The number of anilines is 1. The van der Waals surface area contributed by atoms with Gasteiger partial charge in [-0.05, 0) is 19.2 Å². The number of hydrogen-bond acceptors (Lipinski definition) is 6. The van der Waals surface area contributed by atoms with Crippen molar-refractivity contribution in [2.75, 3.05) is 31.8 Å². The van der Waals surface area contributed by atoms with Gasteiger partial charge < -0.3 is 15.4 Å². The van der Waals surface area contributed by atoms with E-state index in [1.165, 1.54) is 11.8 Å². The van der Waals surface area contributed by atoms with E-state index >= 15 is 0 Å². The maximum Gasteiger partial charge on any atom is 0.219 e. The molecule has 1 aliphatic heterocycles. The van der Waals surface area contributed by atoms with E-state index in [4.69, 9.17) is 4.74 Å². The summed E-state index contributed by atoms with van der Waals surface area (Å²) in [6.45, 7) is 2.05. The molecule has 0 aliphatic carbocycles. The maximum atomic E-state index is 5.14. The lowest BCUT2D eigenvalue weighted by atomic mass is 10.2. The molecule has 1 saturated heterocycles. The molecule has 0 amide bonds. The third-order valence-corrected chi connectivity index (χ3v) is 3.03. The first kappa shape index (κ1) is 11.5. The van der Waals surface area contributed by atoms with Gasteiger partial charge in [-0.25, -0.2) is 4.98 Å². The molecular formula is C10H16N4OS. The highest BCUT2D eigenvalue weighted by molar-refractivity contribution is 7.98. The second kappa shape index (κ2) is 5.36. The molecule has 1 fully saturated rings. The number of nitrogens with one attached hydrogen (secondary N) is 2. The van der Waals surface area contributed by atoms with Gasteiger partial charge in [0.15, 0.2) is 5.16 Å². The average Bonchev–Trinajstić information content (AvgIpc) is 2.81. The molecular weight excluding hydrogens is 224 g/mol. The molecule has 6 heteroatoms. The van der Waals surface area contributed by atoms with Gasteiger partial charge in [0.05, 0.1) is 7.11 Å². The van der Waals surface area contributed by atoms with Crippen LogP contribution in [0.15, 0.2) is 11.2 Å². The van der Waals surface area contributed by atoms with Crippen LogP contribution in [0.2, 0.25) is 0 Å². The van der Waals surface area contributed by atoms with E-state index in [1.807, 2.05) is 12.3 Å². The third-order valence-electron chi connectivity index (χ3n) is 2.49. The Hall–Kier alpha value is -1.01. The molecule has 0 bridgehead atoms. The molecule has 2 rings (SSSR count). The number of methoxy groups -OCH3 is 1. The highest BCUT2D eigenvalue weighted by Gasteiger charge is 2.15. The van der Waals surface area contributed by atoms with Gasteiger partial charge in [0.2, 0.25) is 5.88 Å². The molecule has 2 N–H and O–H groups in total. The van der Waals surface area contributed by atoms with Crippen LogP contribution in [0, 0.1) is 0 Å². The van der Waals surface area contributed by atoms with Gasteiger partial charge in [-0.15, -0.1) is 0 Å². The summed E-state index contributed by atoms with van der Waals surface area (Å²) in [4.78, 5) is 8.62. The smallest absolute Gasteiger partial charge is 0.219 e. The lowest BCUT2D eigenvalue weighted by molar-refractivity contribution is 0.392. The fourth-order valence-corrected chi connectivity index (χ4v) is 2.03. The minimum atomic E-state index is 0.453. The molecule has 88 valence electrons. The number of thioether (sulfide) groups is 1. The lowest BCUT2D eigenvalue weighted by Crippen LogP contribution is -2.22. The Morgan fingerprint density at radius 2 is 2.44 bits per heavy atom. The van der Waals surface area contributed by atoms with Gasteiger partial charge >= 0.3 is 0 Å². The minimum absolute atomic E-state index is 0.453. The Balaban J connectivity index is 2.12. The van der Waals surface area contributed by atoms with Crippen LogP contribution in [0.3, 0.4) is 0 Å². The van der Waals surface area contributed by atoms with Crippen molar-refractivity contribution >= 4 is 17.6 Å². The van der Waals surface area contributed by atoms with E-state index in [0.717, 1.165) is 30.5 Å². The van der Waals surface area contributed by atoms with Crippen molar-refractivity contribution in [2.24, 2.45) is 0 Å². The first-order valence-corrected chi connectivity index (χ1v) is 6.48. The second-order valence-electron chi connectivity index (χ2n) is 3.62. The summed E-state index contributed by atoms with van der Waals surface area (Å²) in [7, 11) is 1.62. The summed E-state index contributed by atoms with van der Waals surface area (Å²) in [5.41, 5.74) is 0. The normalized spacial score (nSPS) is 19.8. The molecule has 1 atom stereocenters. The number of aromatic nitrogens is 2. The summed E-state index contributed by atoms with van der Waals surface area (Å²) in [5, 5.41) is 7.42. The Labute approximate surface area is 99.4 Å². The van der Waals surface area contributed by atoms with E-state index in [9.17, 15) is 0 Å². The molecule has 0 saturated carbocycles. The van der Waals surface area contributed by atoms with Crippen LogP contribution in [0.4, 0.5) is 5.82 Å². The Morgan fingerprint density at radius 3 is 3.06 bits per heavy atom. The molecule has 16 heavy (non-hydrogen) atoms. The molecule has 5 nitrogen and oxygen atoms in total. The zero-order chi connectivity index (χ0) is 11.4. The van der Waals surface area contributed by atoms with E-state index < -0.39 is 0 Å². The quantitative estimate of drug-likeness (QED) is 0.604. The zero-order valence-electron chi connectivity index (χ0n) is 9.49. The van der Waals surface area contributed by atoms with Crippen LogP contribution in [-0.2, 0) is 0 Å². The highest BCUT2D eigenvalue weighted by atomic mass is 32.2. The topological polar surface area (TPSA) is 59.1 Å². The van der Waals surface area contributed by atoms with Crippen molar-refractivity contribution in [2.45, 2.75) is 17.6 Å². The van der Waals surface area contributed by atoms with Crippen LogP contribution in [-0.4, -0.2) is 42.5 Å². The van der Waals surface area contributed by atoms with Crippen molar-refractivity contribution in [1.29, 1.82) is 0 Å². The molecule has 0 spiro atoms. The first-order valence-electron chi connectivity index (χ1n) is 5.26. The second-order valence-corrected chi connectivity index (χ2v) is 4.39. The maximum absolute atomic E-state index is 5.14. The molecule has 1 aromatic heterocycles. The van der Waals surface area contributed by atoms with Gasteiger partial charge in [-0.3, -0.25) is 0 Å². The average molecular weight is 240 g/mol. The summed E-state index contributed by atoms with van der Waals surface area (Å²) >= 11 is 1.51. The van der Waals surface area contributed by atoms with Crippen LogP contribution in [0.1, 0.15) is 6.42 Å². The molecule has 1 aromatic rings. The Morgan fingerprint density at radius 1 is 1.56 bits per heavy atom. The molecule has 0 aromatic carbocycles. The van der Waals surface area contributed by atoms with Crippen LogP contribution in [0.5, 0.6) is 5.88 Å². The number of rotatable bonds is 4. The summed E-state index contributed by atoms with van der Waals surface area (Å²) in [6, 6.07) is 2.28. The standard InChI is InChI=1S/C10H16N4OS/c1-15-9-5-8(13-10(14-9)16-2)12-7-3-4-11-6-7/h5,7,11H,3-4,6H2,1-2H3,(H,12,13,14)/t7-/m0/s1. The lowest BCUT2D eigenvalue weighted by Gasteiger charge is -2.13. The van der Waals surface area contributed by atoms with Crippen molar-refractivity contribution < 1.29 is 4.74 Å². The van der Waals surface area contributed by atoms with E-state index in [0.29, 0.717) is 11.9 Å². The van der Waals surface area contributed by atoms with Gasteiger partial charge in [0.25, 0.3) is 0 Å². The number of hydrogen-bond donors (Lipinski definition) is 2. The van der Waals surface area contributed by atoms with Crippen molar-refractivity contribution in [3.63, 3.8) is 0 Å². The Kier molecular flexibility index (Phi) is 3.84. The van der Waals surface area contributed by atoms with Gasteiger partial charge in [-0.1, -0.05) is 11.8 Å². The Bertz CT molecular complexity index is 332. The SMILES string of the molecule is COc1cc(N[C@H]2CCNC2)nc(SC)n1. The fourth-order valence-electron chi connectivity index (χ4n) is 1.66. The molecule has 0 radical (unpaired) electrons.